The highest BCUT2D eigenvalue weighted by molar-refractivity contribution is 5.80. The number of ether oxygens (including phenoxy) is 1. The zero-order chi connectivity index (χ0) is 10.6. The first kappa shape index (κ1) is 11.5. The van der Waals surface area contributed by atoms with E-state index in [9.17, 15) is 4.79 Å². The lowest BCUT2D eigenvalue weighted by Crippen LogP contribution is -2.48. The molecule has 0 heterocycles. The molecule has 0 aliphatic heterocycles. The number of hydrogen-bond donors (Lipinski definition) is 2. The summed E-state index contributed by atoms with van der Waals surface area (Å²) in [6, 6.07) is 0.188. The second-order valence-electron chi connectivity index (χ2n) is 3.90. The molecule has 0 spiro atoms. The fourth-order valence-corrected chi connectivity index (χ4v) is 1.61. The molecule has 1 saturated carbocycles. The smallest absolute Gasteiger partial charge is 0.236 e. The van der Waals surface area contributed by atoms with Crippen LogP contribution < -0.4 is 10.6 Å². The molecule has 2 unspecified atom stereocenters. The Balaban J connectivity index is 2.33. The molecule has 2 atom stereocenters. The molecule has 1 amide bonds. The predicted octanol–water partition coefficient (Wildman–Crippen LogP) is 0.135. The number of hydrogen-bond acceptors (Lipinski definition) is 3. The van der Waals surface area contributed by atoms with Gasteiger partial charge in [0.25, 0.3) is 0 Å². The zero-order valence-corrected chi connectivity index (χ0v) is 9.17. The lowest BCUT2D eigenvalue weighted by molar-refractivity contribution is -0.122. The van der Waals surface area contributed by atoms with Gasteiger partial charge in [0.2, 0.25) is 5.91 Å². The van der Waals surface area contributed by atoms with Crippen LogP contribution in [0.25, 0.3) is 0 Å². The van der Waals surface area contributed by atoms with Gasteiger partial charge in [0.05, 0.1) is 12.6 Å². The minimum absolute atomic E-state index is 0.0340. The molecule has 0 aromatic rings. The summed E-state index contributed by atoms with van der Waals surface area (Å²) in [7, 11) is 3.35. The average molecular weight is 200 g/mol. The predicted molar refractivity (Wildman–Crippen MR) is 55.1 cm³/mol. The minimum atomic E-state index is -0.138. The molecule has 4 heteroatoms. The molecular weight excluding hydrogens is 180 g/mol. The Hall–Kier alpha value is -0.610. The molecule has 0 aromatic carbocycles. The maximum absolute atomic E-state index is 11.3. The van der Waals surface area contributed by atoms with Crippen molar-refractivity contribution in [3.63, 3.8) is 0 Å². The Morgan fingerprint density at radius 2 is 2.21 bits per heavy atom. The van der Waals surface area contributed by atoms with Gasteiger partial charge >= 0.3 is 0 Å². The van der Waals surface area contributed by atoms with Crippen molar-refractivity contribution in [2.45, 2.75) is 31.8 Å². The number of carbonyl (C=O) groups is 1. The van der Waals surface area contributed by atoms with Crippen LogP contribution in [0.2, 0.25) is 0 Å². The molecule has 1 fully saturated rings. The monoisotopic (exact) mass is 200 g/mol. The third-order valence-corrected chi connectivity index (χ3v) is 2.64. The van der Waals surface area contributed by atoms with E-state index in [-0.39, 0.29) is 11.9 Å². The second kappa shape index (κ2) is 5.32. The van der Waals surface area contributed by atoms with E-state index in [1.54, 1.807) is 14.2 Å². The Labute approximate surface area is 85.4 Å². The average Bonchev–Trinajstić information content (AvgIpc) is 2.99. The van der Waals surface area contributed by atoms with Crippen molar-refractivity contribution in [2.75, 3.05) is 20.8 Å². The normalized spacial score (nSPS) is 20.2. The lowest BCUT2D eigenvalue weighted by Gasteiger charge is -2.21. The Morgan fingerprint density at radius 1 is 1.57 bits per heavy atom. The van der Waals surface area contributed by atoms with Crippen LogP contribution in [0.5, 0.6) is 0 Å². The molecule has 2 N–H and O–H groups in total. The van der Waals surface area contributed by atoms with E-state index in [4.69, 9.17) is 4.74 Å². The fraction of sp³-hybridized carbons (Fsp3) is 0.900. The molecule has 1 aliphatic carbocycles. The number of rotatable bonds is 6. The second-order valence-corrected chi connectivity index (χ2v) is 3.90. The number of likely N-dealkylation sites (N-methyl/N-ethyl adjacent to an activating group) is 1. The van der Waals surface area contributed by atoms with Crippen LogP contribution in [0.4, 0.5) is 0 Å². The van der Waals surface area contributed by atoms with Gasteiger partial charge in [-0.1, -0.05) is 0 Å². The molecule has 82 valence electrons. The van der Waals surface area contributed by atoms with Crippen LogP contribution in [0.3, 0.4) is 0 Å². The number of methoxy groups -OCH3 is 1. The van der Waals surface area contributed by atoms with Crippen molar-refractivity contribution in [3.05, 3.63) is 0 Å². The molecule has 0 aromatic heterocycles. The van der Waals surface area contributed by atoms with Crippen molar-refractivity contribution in [1.29, 1.82) is 0 Å². The van der Waals surface area contributed by atoms with E-state index < -0.39 is 0 Å². The zero-order valence-electron chi connectivity index (χ0n) is 9.17. The summed E-state index contributed by atoms with van der Waals surface area (Å²) in [6.45, 7) is 2.57. The van der Waals surface area contributed by atoms with E-state index in [1.807, 2.05) is 6.92 Å². The van der Waals surface area contributed by atoms with Gasteiger partial charge in [0.15, 0.2) is 0 Å². The Kier molecular flexibility index (Phi) is 4.35. The summed E-state index contributed by atoms with van der Waals surface area (Å²) in [5, 5.41) is 5.92. The van der Waals surface area contributed by atoms with E-state index in [0.29, 0.717) is 18.6 Å². The van der Waals surface area contributed by atoms with E-state index in [0.717, 1.165) is 0 Å². The van der Waals surface area contributed by atoms with Crippen molar-refractivity contribution in [3.8, 4) is 0 Å². The van der Waals surface area contributed by atoms with Crippen molar-refractivity contribution in [2.24, 2.45) is 5.92 Å². The molecule has 0 bridgehead atoms. The van der Waals surface area contributed by atoms with Gasteiger partial charge < -0.3 is 15.4 Å². The third kappa shape index (κ3) is 3.27. The van der Waals surface area contributed by atoms with Crippen LogP contribution in [0, 0.1) is 5.92 Å². The highest BCUT2D eigenvalue weighted by Crippen LogP contribution is 2.32. The molecule has 14 heavy (non-hydrogen) atoms. The highest BCUT2D eigenvalue weighted by Gasteiger charge is 2.32. The largest absolute Gasteiger partial charge is 0.383 e. The van der Waals surface area contributed by atoms with Gasteiger partial charge in [-0.25, -0.2) is 0 Å². The van der Waals surface area contributed by atoms with E-state index >= 15 is 0 Å². The summed E-state index contributed by atoms with van der Waals surface area (Å²) in [5.41, 5.74) is 0. The highest BCUT2D eigenvalue weighted by atomic mass is 16.5. The SMILES string of the molecule is CNC(=O)C(C)NC(COC)C1CC1. The molecule has 0 radical (unpaired) electrons. The van der Waals surface area contributed by atoms with E-state index in [1.165, 1.54) is 12.8 Å². The lowest BCUT2D eigenvalue weighted by atomic mass is 10.1. The van der Waals surface area contributed by atoms with Gasteiger partial charge in [-0.2, -0.15) is 0 Å². The van der Waals surface area contributed by atoms with E-state index in [2.05, 4.69) is 10.6 Å². The number of amides is 1. The summed E-state index contributed by atoms with van der Waals surface area (Å²) in [5.74, 6) is 0.730. The summed E-state index contributed by atoms with van der Waals surface area (Å²) in [4.78, 5) is 11.3. The van der Waals surface area contributed by atoms with Gasteiger partial charge in [-0.15, -0.1) is 0 Å². The Bertz CT molecular complexity index is 193. The minimum Gasteiger partial charge on any atom is -0.383 e. The third-order valence-electron chi connectivity index (χ3n) is 2.64. The van der Waals surface area contributed by atoms with Crippen LogP contribution in [0.15, 0.2) is 0 Å². The summed E-state index contributed by atoms with van der Waals surface area (Å²) < 4.78 is 5.13. The van der Waals surface area contributed by atoms with Gasteiger partial charge in [-0.05, 0) is 25.7 Å². The quantitative estimate of drug-likeness (QED) is 0.641. The first-order valence-electron chi connectivity index (χ1n) is 5.15. The molecule has 4 nitrogen and oxygen atoms in total. The molecule has 0 saturated heterocycles. The molecule has 1 aliphatic rings. The summed E-state index contributed by atoms with van der Waals surface area (Å²) >= 11 is 0. The van der Waals surface area contributed by atoms with Gasteiger partial charge in [0.1, 0.15) is 0 Å². The first-order valence-corrected chi connectivity index (χ1v) is 5.15. The number of nitrogens with one attached hydrogen (secondary N) is 2. The first-order chi connectivity index (χ1) is 6.69. The fourth-order valence-electron chi connectivity index (χ4n) is 1.61. The standard InChI is InChI=1S/C10H20N2O2/c1-7(10(13)11-2)12-9(6-14-3)8-4-5-8/h7-9,12H,4-6H2,1-3H3,(H,11,13). The van der Waals surface area contributed by atoms with Crippen molar-refractivity contribution in [1.82, 2.24) is 10.6 Å². The van der Waals surface area contributed by atoms with Gasteiger partial charge in [0, 0.05) is 20.2 Å². The van der Waals surface area contributed by atoms with Crippen LogP contribution in [-0.4, -0.2) is 38.8 Å². The topological polar surface area (TPSA) is 50.4 Å². The van der Waals surface area contributed by atoms with Crippen LogP contribution in [-0.2, 0) is 9.53 Å². The molecule has 1 rings (SSSR count). The van der Waals surface area contributed by atoms with Gasteiger partial charge in [-0.3, -0.25) is 4.79 Å². The number of carbonyl (C=O) groups excluding carboxylic acids is 1. The van der Waals surface area contributed by atoms with Crippen LogP contribution in [0.1, 0.15) is 19.8 Å². The van der Waals surface area contributed by atoms with Crippen LogP contribution >= 0.6 is 0 Å². The van der Waals surface area contributed by atoms with Crippen molar-refractivity contribution < 1.29 is 9.53 Å². The molecular formula is C10H20N2O2. The maximum Gasteiger partial charge on any atom is 0.236 e. The van der Waals surface area contributed by atoms with Crippen molar-refractivity contribution >= 4 is 5.91 Å². The maximum atomic E-state index is 11.3. The Morgan fingerprint density at radius 3 is 2.64 bits per heavy atom. The summed E-state index contributed by atoms with van der Waals surface area (Å²) in [6.07, 6.45) is 2.50.